The average molecular weight is 283 g/mol. The Balaban J connectivity index is 2.39. The molecule has 2 N–H and O–H groups in total. The molecule has 3 heteroatoms. The van der Waals surface area contributed by atoms with Gasteiger partial charge in [-0.2, -0.15) is 0 Å². The van der Waals surface area contributed by atoms with Gasteiger partial charge in [0.05, 0.1) is 12.2 Å². The fourth-order valence-corrected chi connectivity index (χ4v) is 3.00. The molecule has 0 aliphatic rings. The second-order valence-electron chi connectivity index (χ2n) is 5.65. The summed E-state index contributed by atoms with van der Waals surface area (Å²) >= 11 is 0. The number of hydrogen-bond acceptors (Lipinski definition) is 2. The molecular formula is C18H21NO2. The number of nitrogens with zero attached hydrogens (tertiary/aromatic N) is 1. The first-order valence-corrected chi connectivity index (χ1v) is 7.45. The molecular weight excluding hydrogens is 262 g/mol. The van der Waals surface area contributed by atoms with Crippen LogP contribution < -0.4 is 0 Å². The van der Waals surface area contributed by atoms with Gasteiger partial charge in [0.2, 0.25) is 0 Å². The number of aliphatic hydroxyl groups excluding tert-OH is 2. The molecule has 0 saturated heterocycles. The van der Waals surface area contributed by atoms with Crippen LogP contribution in [-0.2, 0) is 6.54 Å². The number of hydrogen-bond donors (Lipinski definition) is 2. The first kappa shape index (κ1) is 14.1. The van der Waals surface area contributed by atoms with Crippen molar-refractivity contribution in [2.45, 2.75) is 39.5 Å². The van der Waals surface area contributed by atoms with E-state index in [0.29, 0.717) is 0 Å². The number of aliphatic hydroxyl groups is 2. The average Bonchev–Trinajstić information content (AvgIpc) is 2.79. The van der Waals surface area contributed by atoms with Crippen LogP contribution in [0.1, 0.15) is 44.1 Å². The molecule has 0 bridgehead atoms. The minimum atomic E-state index is -0.477. The van der Waals surface area contributed by atoms with Gasteiger partial charge in [0, 0.05) is 28.4 Å². The number of benzene rings is 2. The van der Waals surface area contributed by atoms with Gasteiger partial charge >= 0.3 is 0 Å². The lowest BCUT2D eigenvalue weighted by atomic mass is 10.0. The molecule has 110 valence electrons. The molecule has 21 heavy (non-hydrogen) atoms. The lowest BCUT2D eigenvalue weighted by Gasteiger charge is -2.06. The van der Waals surface area contributed by atoms with E-state index in [9.17, 15) is 10.2 Å². The molecule has 0 saturated carbocycles. The minimum Gasteiger partial charge on any atom is -0.389 e. The monoisotopic (exact) mass is 283 g/mol. The molecule has 3 nitrogen and oxygen atoms in total. The maximum Gasteiger partial charge on any atom is 0.0762 e. The maximum absolute atomic E-state index is 9.82. The van der Waals surface area contributed by atoms with E-state index in [1.165, 1.54) is 11.0 Å². The van der Waals surface area contributed by atoms with E-state index < -0.39 is 12.2 Å². The van der Waals surface area contributed by atoms with Gasteiger partial charge in [0.15, 0.2) is 0 Å². The van der Waals surface area contributed by atoms with Crippen molar-refractivity contribution in [1.82, 2.24) is 4.57 Å². The largest absolute Gasteiger partial charge is 0.389 e. The third-order valence-corrected chi connectivity index (χ3v) is 4.19. The minimum absolute atomic E-state index is 0.477. The zero-order valence-corrected chi connectivity index (χ0v) is 12.7. The summed E-state index contributed by atoms with van der Waals surface area (Å²) in [7, 11) is 0. The van der Waals surface area contributed by atoms with Gasteiger partial charge < -0.3 is 14.8 Å². The van der Waals surface area contributed by atoms with Crippen LogP contribution in [0.5, 0.6) is 0 Å². The first-order chi connectivity index (χ1) is 10.0. The van der Waals surface area contributed by atoms with Crippen molar-refractivity contribution in [3.05, 3.63) is 47.5 Å². The van der Waals surface area contributed by atoms with Gasteiger partial charge in [-0.15, -0.1) is 0 Å². The van der Waals surface area contributed by atoms with Gasteiger partial charge in [-0.25, -0.2) is 0 Å². The second kappa shape index (κ2) is 5.17. The van der Waals surface area contributed by atoms with Gasteiger partial charge in [-0.1, -0.05) is 12.1 Å². The predicted octanol–water partition coefficient (Wildman–Crippen LogP) is 3.92. The molecule has 0 aliphatic heterocycles. The van der Waals surface area contributed by atoms with Crippen LogP contribution in [0.25, 0.3) is 21.8 Å². The Morgan fingerprint density at radius 2 is 1.29 bits per heavy atom. The molecule has 3 rings (SSSR count). The van der Waals surface area contributed by atoms with Gasteiger partial charge in [-0.05, 0) is 56.2 Å². The molecule has 0 radical (unpaired) electrons. The van der Waals surface area contributed by atoms with Crippen LogP contribution in [0.3, 0.4) is 0 Å². The molecule has 2 unspecified atom stereocenters. The van der Waals surface area contributed by atoms with Crippen molar-refractivity contribution in [3.8, 4) is 0 Å². The summed E-state index contributed by atoms with van der Waals surface area (Å²) in [6, 6.07) is 12.2. The summed E-state index contributed by atoms with van der Waals surface area (Å²) in [5.41, 5.74) is 4.17. The van der Waals surface area contributed by atoms with Crippen LogP contribution >= 0.6 is 0 Å². The van der Waals surface area contributed by atoms with Crippen LogP contribution in [0.2, 0.25) is 0 Å². The van der Waals surface area contributed by atoms with Crippen LogP contribution in [0, 0.1) is 0 Å². The molecule has 1 aromatic heterocycles. The molecule has 2 aromatic carbocycles. The zero-order valence-electron chi connectivity index (χ0n) is 12.7. The third-order valence-electron chi connectivity index (χ3n) is 4.19. The first-order valence-electron chi connectivity index (χ1n) is 7.45. The number of aromatic nitrogens is 1. The highest BCUT2D eigenvalue weighted by Crippen LogP contribution is 2.32. The van der Waals surface area contributed by atoms with E-state index in [1.807, 2.05) is 12.1 Å². The molecule has 0 spiro atoms. The number of rotatable bonds is 3. The fourth-order valence-electron chi connectivity index (χ4n) is 3.00. The van der Waals surface area contributed by atoms with Crippen LogP contribution in [0.15, 0.2) is 36.4 Å². The summed E-state index contributed by atoms with van der Waals surface area (Å²) in [4.78, 5) is 0. The van der Waals surface area contributed by atoms with Gasteiger partial charge in [0.1, 0.15) is 0 Å². The molecule has 3 aromatic rings. The maximum atomic E-state index is 9.82. The van der Waals surface area contributed by atoms with E-state index in [4.69, 9.17) is 0 Å². The standard InChI is InChI=1S/C18H21NO2/c1-4-19-17-7-5-13(11(2)20)9-15(17)16-10-14(12(3)21)6-8-18(16)19/h5-12,20-21H,4H2,1-3H3. The van der Waals surface area contributed by atoms with E-state index in [2.05, 4.69) is 35.8 Å². The van der Waals surface area contributed by atoms with Crippen molar-refractivity contribution in [1.29, 1.82) is 0 Å². The molecule has 0 fully saturated rings. The summed E-state index contributed by atoms with van der Waals surface area (Å²) in [6.45, 7) is 6.58. The van der Waals surface area contributed by atoms with Crippen molar-refractivity contribution in [2.24, 2.45) is 0 Å². The Labute approximate surface area is 124 Å². The fraction of sp³-hybridized carbons (Fsp3) is 0.333. The van der Waals surface area contributed by atoms with E-state index >= 15 is 0 Å². The second-order valence-corrected chi connectivity index (χ2v) is 5.65. The summed E-state index contributed by atoms with van der Waals surface area (Å²) in [5, 5.41) is 21.9. The Morgan fingerprint density at radius 3 is 1.62 bits per heavy atom. The topological polar surface area (TPSA) is 45.4 Å². The predicted molar refractivity (Wildman–Crippen MR) is 86.4 cm³/mol. The molecule has 0 aliphatic carbocycles. The van der Waals surface area contributed by atoms with Crippen LogP contribution in [0.4, 0.5) is 0 Å². The van der Waals surface area contributed by atoms with E-state index in [-0.39, 0.29) is 0 Å². The van der Waals surface area contributed by atoms with E-state index in [0.717, 1.165) is 28.4 Å². The van der Waals surface area contributed by atoms with Crippen LogP contribution in [-0.4, -0.2) is 14.8 Å². The quantitative estimate of drug-likeness (QED) is 0.765. The Bertz CT molecular complexity index is 734. The normalized spacial score (nSPS) is 14.7. The third kappa shape index (κ3) is 2.23. The Kier molecular flexibility index (Phi) is 3.47. The van der Waals surface area contributed by atoms with Crippen molar-refractivity contribution in [2.75, 3.05) is 0 Å². The summed E-state index contributed by atoms with van der Waals surface area (Å²) in [6.07, 6.45) is -0.955. The Hall–Kier alpha value is -1.84. The lowest BCUT2D eigenvalue weighted by Crippen LogP contribution is -1.94. The van der Waals surface area contributed by atoms with Crippen molar-refractivity contribution in [3.63, 3.8) is 0 Å². The zero-order chi connectivity index (χ0) is 15.1. The molecule has 2 atom stereocenters. The highest BCUT2D eigenvalue weighted by Gasteiger charge is 2.13. The smallest absolute Gasteiger partial charge is 0.0762 e. The highest BCUT2D eigenvalue weighted by atomic mass is 16.3. The van der Waals surface area contributed by atoms with Gasteiger partial charge in [0.25, 0.3) is 0 Å². The number of aryl methyl sites for hydroxylation is 1. The SMILES string of the molecule is CCn1c2ccc(C(C)O)cc2c2cc(C(C)O)ccc21. The summed E-state index contributed by atoms with van der Waals surface area (Å²) < 4.78 is 2.27. The highest BCUT2D eigenvalue weighted by molar-refractivity contribution is 6.08. The lowest BCUT2D eigenvalue weighted by molar-refractivity contribution is 0.199. The Morgan fingerprint density at radius 1 is 0.857 bits per heavy atom. The molecule has 0 amide bonds. The molecule has 1 heterocycles. The van der Waals surface area contributed by atoms with Crippen molar-refractivity contribution < 1.29 is 10.2 Å². The van der Waals surface area contributed by atoms with Crippen molar-refractivity contribution >= 4 is 21.8 Å². The number of fused-ring (bicyclic) bond motifs is 3. The van der Waals surface area contributed by atoms with Gasteiger partial charge in [-0.3, -0.25) is 0 Å². The summed E-state index contributed by atoms with van der Waals surface area (Å²) in [5.74, 6) is 0. The van der Waals surface area contributed by atoms with E-state index in [1.54, 1.807) is 13.8 Å².